The van der Waals surface area contributed by atoms with Gasteiger partial charge in [-0.25, -0.2) is 23.4 Å². The third-order valence-corrected chi connectivity index (χ3v) is 6.37. The SMILES string of the molecule is Cc1ccnc(N2CC3CN(S(=O)(=O)c4cnc[nH]4)CC3C2)n1. The highest BCUT2D eigenvalue weighted by Crippen LogP contribution is 2.35. The molecule has 8 nitrogen and oxygen atoms in total. The van der Waals surface area contributed by atoms with Crippen LogP contribution in [0.2, 0.25) is 0 Å². The lowest BCUT2D eigenvalue weighted by atomic mass is 10.0. The van der Waals surface area contributed by atoms with Crippen LogP contribution in [0.4, 0.5) is 5.95 Å². The van der Waals surface area contributed by atoms with Gasteiger partial charge >= 0.3 is 0 Å². The number of hydrogen-bond donors (Lipinski definition) is 1. The van der Waals surface area contributed by atoms with E-state index in [0.29, 0.717) is 24.9 Å². The Morgan fingerprint density at radius 2 is 1.96 bits per heavy atom. The van der Waals surface area contributed by atoms with Crippen LogP contribution in [-0.2, 0) is 10.0 Å². The Labute approximate surface area is 134 Å². The Hall–Kier alpha value is -2.00. The number of rotatable bonds is 3. The molecule has 2 aromatic heterocycles. The zero-order chi connectivity index (χ0) is 16.0. The third-order valence-electron chi connectivity index (χ3n) is 4.61. The zero-order valence-corrected chi connectivity index (χ0v) is 13.6. The number of nitrogens with zero attached hydrogens (tertiary/aromatic N) is 5. The number of anilines is 1. The highest BCUT2D eigenvalue weighted by Gasteiger charge is 2.45. The average Bonchev–Trinajstić information content (AvgIpc) is 3.23. The summed E-state index contributed by atoms with van der Waals surface area (Å²) >= 11 is 0. The molecule has 0 aliphatic carbocycles. The molecule has 9 heteroatoms. The minimum absolute atomic E-state index is 0.163. The van der Waals surface area contributed by atoms with E-state index < -0.39 is 10.0 Å². The number of aryl methyl sites for hydroxylation is 1. The molecular formula is C14H18N6O2S. The Morgan fingerprint density at radius 3 is 2.57 bits per heavy atom. The normalized spacial score (nSPS) is 25.0. The number of nitrogens with one attached hydrogen (secondary N) is 1. The predicted molar refractivity (Wildman–Crippen MR) is 83.3 cm³/mol. The fourth-order valence-corrected chi connectivity index (χ4v) is 4.87. The number of imidazole rings is 1. The summed E-state index contributed by atoms with van der Waals surface area (Å²) in [6.07, 6.45) is 4.51. The minimum Gasteiger partial charge on any atom is -0.340 e. The van der Waals surface area contributed by atoms with E-state index in [-0.39, 0.29) is 5.03 Å². The quantitative estimate of drug-likeness (QED) is 0.865. The molecule has 4 rings (SSSR count). The molecule has 2 unspecified atom stereocenters. The van der Waals surface area contributed by atoms with Crippen LogP contribution in [-0.4, -0.2) is 58.8 Å². The van der Waals surface area contributed by atoms with Crippen LogP contribution < -0.4 is 4.90 Å². The van der Waals surface area contributed by atoms with Gasteiger partial charge in [-0.3, -0.25) is 0 Å². The van der Waals surface area contributed by atoms with Gasteiger partial charge in [0.05, 0.1) is 12.5 Å². The second-order valence-electron chi connectivity index (χ2n) is 6.16. The fraction of sp³-hybridized carbons (Fsp3) is 0.500. The predicted octanol–water partition coefficient (Wildman–Crippen LogP) is 0.265. The summed E-state index contributed by atoms with van der Waals surface area (Å²) in [4.78, 5) is 17.4. The molecule has 0 saturated carbocycles. The zero-order valence-electron chi connectivity index (χ0n) is 12.8. The number of aromatic amines is 1. The maximum atomic E-state index is 12.5. The summed E-state index contributed by atoms with van der Waals surface area (Å²) < 4.78 is 26.6. The number of sulfonamides is 1. The lowest BCUT2D eigenvalue weighted by Gasteiger charge is -2.21. The molecule has 23 heavy (non-hydrogen) atoms. The average molecular weight is 334 g/mol. The molecule has 0 aromatic carbocycles. The highest BCUT2D eigenvalue weighted by atomic mass is 32.2. The van der Waals surface area contributed by atoms with Crippen molar-refractivity contribution in [3.05, 3.63) is 30.5 Å². The first-order valence-corrected chi connectivity index (χ1v) is 9.01. The molecule has 0 spiro atoms. The topological polar surface area (TPSA) is 95.1 Å². The Balaban J connectivity index is 1.48. The first kappa shape index (κ1) is 14.6. The lowest BCUT2D eigenvalue weighted by molar-refractivity contribution is 0.450. The molecule has 0 radical (unpaired) electrons. The van der Waals surface area contributed by atoms with Gasteiger partial charge in [0.15, 0.2) is 5.03 Å². The molecule has 2 aromatic rings. The van der Waals surface area contributed by atoms with E-state index in [1.807, 2.05) is 13.0 Å². The van der Waals surface area contributed by atoms with Crippen molar-refractivity contribution >= 4 is 16.0 Å². The molecule has 2 aliphatic heterocycles. The van der Waals surface area contributed by atoms with E-state index >= 15 is 0 Å². The molecular weight excluding hydrogens is 316 g/mol. The molecule has 0 amide bonds. The second-order valence-corrected chi connectivity index (χ2v) is 8.07. The Bertz CT molecular complexity index is 792. The van der Waals surface area contributed by atoms with Crippen molar-refractivity contribution in [2.45, 2.75) is 11.9 Å². The van der Waals surface area contributed by atoms with Gasteiger partial charge in [0.25, 0.3) is 10.0 Å². The van der Waals surface area contributed by atoms with Crippen LogP contribution in [0, 0.1) is 18.8 Å². The fourth-order valence-electron chi connectivity index (χ4n) is 3.42. The summed E-state index contributed by atoms with van der Waals surface area (Å²) in [6.45, 7) is 4.61. The number of H-pyrrole nitrogens is 1. The van der Waals surface area contributed by atoms with Gasteiger partial charge < -0.3 is 9.88 Å². The minimum atomic E-state index is -3.46. The van der Waals surface area contributed by atoms with Gasteiger partial charge in [-0.05, 0) is 24.8 Å². The van der Waals surface area contributed by atoms with Crippen LogP contribution in [0.25, 0.3) is 0 Å². The van der Waals surface area contributed by atoms with Gasteiger partial charge in [0.2, 0.25) is 5.95 Å². The van der Waals surface area contributed by atoms with E-state index in [1.165, 1.54) is 12.5 Å². The highest BCUT2D eigenvalue weighted by molar-refractivity contribution is 7.89. The second kappa shape index (κ2) is 5.27. The first-order chi connectivity index (χ1) is 11.0. The van der Waals surface area contributed by atoms with E-state index in [2.05, 4.69) is 24.8 Å². The summed E-state index contributed by atoms with van der Waals surface area (Å²) in [5.74, 6) is 1.37. The number of fused-ring (bicyclic) bond motifs is 1. The maximum absolute atomic E-state index is 12.5. The van der Waals surface area contributed by atoms with E-state index in [4.69, 9.17) is 0 Å². The largest absolute Gasteiger partial charge is 0.340 e. The van der Waals surface area contributed by atoms with E-state index in [1.54, 1.807) is 10.5 Å². The van der Waals surface area contributed by atoms with Gasteiger partial charge in [-0.2, -0.15) is 4.31 Å². The van der Waals surface area contributed by atoms with Crippen molar-refractivity contribution in [1.29, 1.82) is 0 Å². The standard InChI is InChI=1S/C14H18N6O2S/c1-10-2-3-16-14(18-10)19-5-11-7-20(8-12(11)6-19)23(21,22)13-4-15-9-17-13/h2-4,9,11-12H,5-8H2,1H3,(H,15,17). The molecule has 1 N–H and O–H groups in total. The summed E-state index contributed by atoms with van der Waals surface area (Å²) in [5, 5.41) is 0.163. The number of aromatic nitrogens is 4. The summed E-state index contributed by atoms with van der Waals surface area (Å²) in [5.41, 5.74) is 0.940. The maximum Gasteiger partial charge on any atom is 0.260 e. The number of hydrogen-bond acceptors (Lipinski definition) is 6. The van der Waals surface area contributed by atoms with Gasteiger partial charge in [0, 0.05) is 38.1 Å². The van der Waals surface area contributed by atoms with Gasteiger partial charge in [-0.1, -0.05) is 0 Å². The van der Waals surface area contributed by atoms with Gasteiger partial charge in [-0.15, -0.1) is 0 Å². The lowest BCUT2D eigenvalue weighted by Crippen LogP contribution is -2.34. The molecule has 2 saturated heterocycles. The molecule has 0 bridgehead atoms. The van der Waals surface area contributed by atoms with Gasteiger partial charge in [0.1, 0.15) is 0 Å². The van der Waals surface area contributed by atoms with Crippen LogP contribution in [0.3, 0.4) is 0 Å². The van der Waals surface area contributed by atoms with E-state index in [0.717, 1.165) is 24.7 Å². The van der Waals surface area contributed by atoms with Crippen LogP contribution in [0.15, 0.2) is 29.8 Å². The van der Waals surface area contributed by atoms with Crippen molar-refractivity contribution in [2.75, 3.05) is 31.1 Å². The monoisotopic (exact) mass is 334 g/mol. The summed E-state index contributed by atoms with van der Waals surface area (Å²) in [7, 11) is -3.46. The Morgan fingerprint density at radius 1 is 1.22 bits per heavy atom. The van der Waals surface area contributed by atoms with Crippen molar-refractivity contribution in [3.8, 4) is 0 Å². The smallest absolute Gasteiger partial charge is 0.260 e. The van der Waals surface area contributed by atoms with Crippen molar-refractivity contribution in [2.24, 2.45) is 11.8 Å². The molecule has 122 valence electrons. The third kappa shape index (κ3) is 2.49. The molecule has 2 aliphatic rings. The van der Waals surface area contributed by atoms with Crippen molar-refractivity contribution < 1.29 is 8.42 Å². The van der Waals surface area contributed by atoms with Crippen LogP contribution in [0.1, 0.15) is 5.69 Å². The van der Waals surface area contributed by atoms with Crippen LogP contribution >= 0.6 is 0 Å². The van der Waals surface area contributed by atoms with Crippen molar-refractivity contribution in [3.63, 3.8) is 0 Å². The van der Waals surface area contributed by atoms with Crippen LogP contribution in [0.5, 0.6) is 0 Å². The van der Waals surface area contributed by atoms with Crippen molar-refractivity contribution in [1.82, 2.24) is 24.2 Å². The molecule has 2 fully saturated rings. The van der Waals surface area contributed by atoms with E-state index in [9.17, 15) is 8.42 Å². The molecule has 4 heterocycles. The summed E-state index contributed by atoms with van der Waals surface area (Å²) in [6, 6.07) is 1.87. The Kier molecular flexibility index (Phi) is 3.34. The molecule has 2 atom stereocenters. The first-order valence-electron chi connectivity index (χ1n) is 7.57.